The number of aromatic nitrogens is 1. The highest BCUT2D eigenvalue weighted by Crippen LogP contribution is 2.35. The molecule has 9 nitrogen and oxygen atoms in total. The third kappa shape index (κ3) is 4.02. The van der Waals surface area contributed by atoms with Gasteiger partial charge < -0.3 is 15.8 Å². The van der Waals surface area contributed by atoms with E-state index >= 15 is 0 Å². The lowest BCUT2D eigenvalue weighted by atomic mass is 10.1. The molecule has 3 rings (SSSR count). The van der Waals surface area contributed by atoms with Crippen molar-refractivity contribution in [3.8, 4) is 0 Å². The molecule has 0 spiro atoms. The molecule has 3 aromatic rings. The molecule has 0 unspecified atom stereocenters. The van der Waals surface area contributed by atoms with E-state index < -0.39 is 23.4 Å². The van der Waals surface area contributed by atoms with E-state index in [9.17, 15) is 19.7 Å². The second kappa shape index (κ2) is 7.84. The third-order valence-corrected chi connectivity index (χ3v) is 5.40. The zero-order valence-electron chi connectivity index (χ0n) is 15.9. The number of nitrogen functional groups attached to an aromatic ring is 1. The van der Waals surface area contributed by atoms with Gasteiger partial charge in [0.1, 0.15) is 9.71 Å². The molecule has 0 atom stereocenters. The van der Waals surface area contributed by atoms with Gasteiger partial charge in [0.15, 0.2) is 6.61 Å². The Balaban J connectivity index is 1.72. The number of pyridine rings is 1. The van der Waals surface area contributed by atoms with Crippen LogP contribution in [0.3, 0.4) is 0 Å². The SMILES string of the molecule is Cc1cc(C)c2c(N)c(C(=O)OCC(=O)Nc3cccc([N+](=O)[O-])c3C)sc2n1. The van der Waals surface area contributed by atoms with Crippen LogP contribution in [0.15, 0.2) is 24.3 Å². The number of esters is 1. The Kier molecular flexibility index (Phi) is 5.46. The van der Waals surface area contributed by atoms with Crippen LogP contribution in [-0.2, 0) is 9.53 Å². The van der Waals surface area contributed by atoms with Gasteiger partial charge in [0.25, 0.3) is 11.6 Å². The molecule has 2 aromatic heterocycles. The highest BCUT2D eigenvalue weighted by atomic mass is 32.1. The highest BCUT2D eigenvalue weighted by molar-refractivity contribution is 7.21. The molecule has 0 aliphatic carbocycles. The van der Waals surface area contributed by atoms with Crippen LogP contribution in [0, 0.1) is 30.9 Å². The zero-order valence-corrected chi connectivity index (χ0v) is 16.8. The fourth-order valence-corrected chi connectivity index (χ4v) is 4.07. The smallest absolute Gasteiger partial charge is 0.351 e. The molecule has 29 heavy (non-hydrogen) atoms. The van der Waals surface area contributed by atoms with Crippen LogP contribution < -0.4 is 11.1 Å². The largest absolute Gasteiger partial charge is 0.451 e. The number of amides is 1. The summed E-state index contributed by atoms with van der Waals surface area (Å²) >= 11 is 1.11. The van der Waals surface area contributed by atoms with E-state index in [1.807, 2.05) is 19.9 Å². The first-order valence-electron chi connectivity index (χ1n) is 8.56. The second-order valence-electron chi connectivity index (χ2n) is 6.44. The third-order valence-electron chi connectivity index (χ3n) is 4.32. The number of aryl methyl sites for hydroxylation is 2. The van der Waals surface area contributed by atoms with Crippen molar-refractivity contribution >= 4 is 50.5 Å². The van der Waals surface area contributed by atoms with E-state index in [4.69, 9.17) is 10.5 Å². The number of nitrogens with zero attached hydrogens (tertiary/aromatic N) is 2. The lowest BCUT2D eigenvalue weighted by Gasteiger charge is -2.09. The first-order chi connectivity index (χ1) is 13.7. The van der Waals surface area contributed by atoms with Crippen molar-refractivity contribution in [3.63, 3.8) is 0 Å². The van der Waals surface area contributed by atoms with E-state index in [1.54, 1.807) is 0 Å². The zero-order chi connectivity index (χ0) is 21.3. The van der Waals surface area contributed by atoms with Crippen molar-refractivity contribution in [2.24, 2.45) is 0 Å². The summed E-state index contributed by atoms with van der Waals surface area (Å²) in [6.45, 7) is 4.69. The molecular weight excluding hydrogens is 396 g/mol. The number of rotatable bonds is 5. The van der Waals surface area contributed by atoms with Crippen molar-refractivity contribution in [3.05, 3.63) is 56.1 Å². The summed E-state index contributed by atoms with van der Waals surface area (Å²) in [6.07, 6.45) is 0. The lowest BCUT2D eigenvalue weighted by molar-refractivity contribution is -0.385. The molecule has 0 bridgehead atoms. The van der Waals surface area contributed by atoms with Crippen LogP contribution in [0.2, 0.25) is 0 Å². The number of nitro benzene ring substituents is 1. The van der Waals surface area contributed by atoms with Crippen LogP contribution in [0.4, 0.5) is 17.1 Å². The van der Waals surface area contributed by atoms with Crippen molar-refractivity contribution < 1.29 is 19.2 Å². The number of thiophene rings is 1. The topological polar surface area (TPSA) is 137 Å². The van der Waals surface area contributed by atoms with E-state index in [0.717, 1.165) is 22.6 Å². The highest BCUT2D eigenvalue weighted by Gasteiger charge is 2.21. The Morgan fingerprint density at radius 3 is 2.72 bits per heavy atom. The summed E-state index contributed by atoms with van der Waals surface area (Å²) in [5.41, 5.74) is 8.54. The number of nitrogens with two attached hydrogens (primary N) is 1. The number of fused-ring (bicyclic) bond motifs is 1. The van der Waals surface area contributed by atoms with Crippen LogP contribution in [0.1, 0.15) is 26.5 Å². The van der Waals surface area contributed by atoms with Crippen LogP contribution in [0.5, 0.6) is 0 Å². The number of carbonyl (C=O) groups is 2. The van der Waals surface area contributed by atoms with Gasteiger partial charge in [-0.3, -0.25) is 14.9 Å². The molecule has 0 saturated carbocycles. The first kappa shape index (κ1) is 20.2. The fraction of sp³-hybridized carbons (Fsp3) is 0.211. The van der Waals surface area contributed by atoms with Gasteiger partial charge in [-0.25, -0.2) is 9.78 Å². The van der Waals surface area contributed by atoms with Crippen molar-refractivity contribution in [2.45, 2.75) is 20.8 Å². The molecule has 0 aliphatic rings. The summed E-state index contributed by atoms with van der Waals surface area (Å²) in [4.78, 5) is 40.2. The van der Waals surface area contributed by atoms with Gasteiger partial charge in [-0.15, -0.1) is 11.3 Å². The molecule has 0 fully saturated rings. The molecular formula is C19H18N4O5S. The standard InChI is InChI=1S/C19H18N4O5S/c1-9-7-10(2)21-18-15(9)16(20)17(29-18)19(25)28-8-14(24)22-12-5-4-6-13(11(12)3)23(26)27/h4-7H,8,20H2,1-3H3,(H,22,24). The number of nitrogens with one attached hydrogen (secondary N) is 1. The van der Waals surface area contributed by atoms with Gasteiger partial charge in [0, 0.05) is 17.1 Å². The van der Waals surface area contributed by atoms with Gasteiger partial charge in [-0.2, -0.15) is 0 Å². The average molecular weight is 414 g/mol. The summed E-state index contributed by atoms with van der Waals surface area (Å²) in [7, 11) is 0. The summed E-state index contributed by atoms with van der Waals surface area (Å²) < 4.78 is 5.08. The molecule has 1 amide bonds. The number of hydrogen-bond donors (Lipinski definition) is 2. The van der Waals surface area contributed by atoms with Crippen molar-refractivity contribution in [1.29, 1.82) is 0 Å². The molecule has 150 valence electrons. The Morgan fingerprint density at radius 2 is 2.03 bits per heavy atom. The predicted octanol–water partition coefficient (Wildman–Crippen LogP) is 3.51. The van der Waals surface area contributed by atoms with Crippen LogP contribution in [0.25, 0.3) is 10.2 Å². The van der Waals surface area contributed by atoms with Gasteiger partial charge in [-0.05, 0) is 38.5 Å². The maximum absolute atomic E-state index is 12.4. The predicted molar refractivity (Wildman–Crippen MR) is 110 cm³/mol. The number of nitro groups is 1. The molecule has 3 N–H and O–H groups in total. The van der Waals surface area contributed by atoms with Gasteiger partial charge in [0.2, 0.25) is 0 Å². The average Bonchev–Trinajstić information content (AvgIpc) is 2.97. The maximum atomic E-state index is 12.4. The Bertz CT molecular complexity index is 1160. The lowest BCUT2D eigenvalue weighted by Crippen LogP contribution is -2.21. The number of hydrogen-bond acceptors (Lipinski definition) is 8. The van der Waals surface area contributed by atoms with E-state index in [-0.39, 0.29) is 21.9 Å². The number of benzene rings is 1. The Hall–Kier alpha value is -3.53. The second-order valence-corrected chi connectivity index (χ2v) is 7.44. The molecule has 0 saturated heterocycles. The number of carbonyl (C=O) groups excluding carboxylic acids is 2. The number of anilines is 2. The molecule has 1 aromatic carbocycles. The number of ether oxygens (including phenoxy) is 1. The molecule has 0 aliphatic heterocycles. The minimum atomic E-state index is -0.728. The van der Waals surface area contributed by atoms with Gasteiger partial charge >= 0.3 is 5.97 Å². The van der Waals surface area contributed by atoms with Crippen molar-refractivity contribution in [2.75, 3.05) is 17.7 Å². The molecule has 10 heteroatoms. The summed E-state index contributed by atoms with van der Waals surface area (Å²) in [5, 5.41) is 14.2. The molecule has 2 heterocycles. The Morgan fingerprint density at radius 1 is 1.31 bits per heavy atom. The first-order valence-corrected chi connectivity index (χ1v) is 9.38. The fourth-order valence-electron chi connectivity index (χ4n) is 2.96. The summed E-state index contributed by atoms with van der Waals surface area (Å²) in [6, 6.07) is 6.20. The van der Waals surface area contributed by atoms with Crippen LogP contribution in [-0.4, -0.2) is 28.4 Å². The maximum Gasteiger partial charge on any atom is 0.351 e. The minimum absolute atomic E-state index is 0.115. The van der Waals surface area contributed by atoms with E-state index in [2.05, 4.69) is 10.3 Å². The monoisotopic (exact) mass is 414 g/mol. The minimum Gasteiger partial charge on any atom is -0.451 e. The van der Waals surface area contributed by atoms with Crippen molar-refractivity contribution in [1.82, 2.24) is 4.98 Å². The van der Waals surface area contributed by atoms with E-state index in [0.29, 0.717) is 15.8 Å². The van der Waals surface area contributed by atoms with Gasteiger partial charge in [0.05, 0.1) is 21.9 Å². The molecule has 0 radical (unpaired) electrons. The quantitative estimate of drug-likeness (QED) is 0.370. The summed E-state index contributed by atoms with van der Waals surface area (Å²) in [5.74, 6) is -1.35. The van der Waals surface area contributed by atoms with Gasteiger partial charge in [-0.1, -0.05) is 6.07 Å². The normalized spacial score (nSPS) is 10.7. The van der Waals surface area contributed by atoms with Crippen LogP contribution >= 0.6 is 11.3 Å². The van der Waals surface area contributed by atoms with E-state index in [1.165, 1.54) is 25.1 Å². The Labute approximate surface area is 169 Å².